The van der Waals surface area contributed by atoms with Crippen LogP contribution in [0.2, 0.25) is 0 Å². The van der Waals surface area contributed by atoms with Gasteiger partial charge in [-0.15, -0.1) is 11.8 Å². The van der Waals surface area contributed by atoms with Gasteiger partial charge in [-0.1, -0.05) is 30.3 Å². The first-order valence-electron chi connectivity index (χ1n) is 4.85. The second kappa shape index (κ2) is 4.89. The predicted molar refractivity (Wildman–Crippen MR) is 67.9 cm³/mol. The Morgan fingerprint density at radius 1 is 0.867 bits per heavy atom. The normalized spacial score (nSPS) is 9.93. The summed E-state index contributed by atoms with van der Waals surface area (Å²) in [5.41, 5.74) is 2.29. The molecule has 0 aliphatic rings. The minimum Gasteiger partial charge on any atom is -0.355 e. The SMILES string of the molecule is CSc1ccccc1Nc1ccccc1. The van der Waals surface area contributed by atoms with Crippen molar-refractivity contribution in [3.05, 3.63) is 54.6 Å². The molecule has 0 atom stereocenters. The van der Waals surface area contributed by atoms with Crippen LogP contribution < -0.4 is 5.32 Å². The Labute approximate surface area is 94.5 Å². The van der Waals surface area contributed by atoms with Gasteiger partial charge in [0.1, 0.15) is 0 Å². The van der Waals surface area contributed by atoms with Gasteiger partial charge in [0.25, 0.3) is 0 Å². The second-order valence-electron chi connectivity index (χ2n) is 3.19. The lowest BCUT2D eigenvalue weighted by atomic mass is 10.3. The molecule has 0 spiro atoms. The minimum absolute atomic E-state index is 1.12. The summed E-state index contributed by atoms with van der Waals surface area (Å²) in [6.45, 7) is 0. The minimum atomic E-state index is 1.12. The van der Waals surface area contributed by atoms with E-state index in [-0.39, 0.29) is 0 Å². The first kappa shape index (κ1) is 10.1. The third-order valence-electron chi connectivity index (χ3n) is 2.16. The summed E-state index contributed by atoms with van der Waals surface area (Å²) in [5, 5.41) is 3.40. The molecule has 0 saturated carbocycles. The zero-order chi connectivity index (χ0) is 10.5. The van der Waals surface area contributed by atoms with Crippen LogP contribution in [0.15, 0.2) is 59.5 Å². The van der Waals surface area contributed by atoms with Crippen molar-refractivity contribution in [2.75, 3.05) is 11.6 Å². The second-order valence-corrected chi connectivity index (χ2v) is 4.04. The van der Waals surface area contributed by atoms with Crippen molar-refractivity contribution in [2.24, 2.45) is 0 Å². The Morgan fingerprint density at radius 3 is 2.27 bits per heavy atom. The number of nitrogens with one attached hydrogen (secondary N) is 1. The van der Waals surface area contributed by atoms with E-state index in [9.17, 15) is 0 Å². The summed E-state index contributed by atoms with van der Waals surface area (Å²) >= 11 is 1.75. The van der Waals surface area contributed by atoms with E-state index in [1.807, 2.05) is 24.3 Å². The lowest BCUT2D eigenvalue weighted by Crippen LogP contribution is -1.91. The molecular formula is C13H13NS. The first-order chi connectivity index (χ1) is 7.40. The molecule has 0 aromatic heterocycles. The van der Waals surface area contributed by atoms with Crippen LogP contribution >= 0.6 is 11.8 Å². The van der Waals surface area contributed by atoms with Crippen molar-refractivity contribution < 1.29 is 0 Å². The average molecular weight is 215 g/mol. The Hall–Kier alpha value is -1.41. The fraction of sp³-hybridized carbons (Fsp3) is 0.0769. The molecule has 0 radical (unpaired) electrons. The van der Waals surface area contributed by atoms with E-state index in [2.05, 4.69) is 41.9 Å². The van der Waals surface area contributed by atoms with Crippen LogP contribution in [0.25, 0.3) is 0 Å². The lowest BCUT2D eigenvalue weighted by molar-refractivity contribution is 1.42. The summed E-state index contributed by atoms with van der Waals surface area (Å²) < 4.78 is 0. The van der Waals surface area contributed by atoms with Crippen LogP contribution in [0.4, 0.5) is 11.4 Å². The average Bonchev–Trinajstić information content (AvgIpc) is 2.31. The monoisotopic (exact) mass is 215 g/mol. The zero-order valence-corrected chi connectivity index (χ0v) is 9.42. The van der Waals surface area contributed by atoms with E-state index in [0.29, 0.717) is 0 Å². The van der Waals surface area contributed by atoms with Crippen LogP contribution in [-0.4, -0.2) is 6.26 Å². The van der Waals surface area contributed by atoms with E-state index in [4.69, 9.17) is 0 Å². The third-order valence-corrected chi connectivity index (χ3v) is 2.96. The molecule has 2 heteroatoms. The fourth-order valence-electron chi connectivity index (χ4n) is 1.42. The molecule has 2 rings (SSSR count). The lowest BCUT2D eigenvalue weighted by Gasteiger charge is -2.09. The van der Waals surface area contributed by atoms with Crippen LogP contribution in [0.5, 0.6) is 0 Å². The molecule has 76 valence electrons. The summed E-state index contributed by atoms with van der Waals surface area (Å²) in [4.78, 5) is 1.27. The standard InChI is InChI=1S/C13H13NS/c1-15-13-10-6-5-9-12(13)14-11-7-3-2-4-8-11/h2-10,14H,1H3. The topological polar surface area (TPSA) is 12.0 Å². The maximum Gasteiger partial charge on any atom is 0.0522 e. The molecule has 0 bridgehead atoms. The Balaban J connectivity index is 2.24. The molecule has 0 saturated heterocycles. The van der Waals surface area contributed by atoms with Gasteiger partial charge in [-0.25, -0.2) is 0 Å². The summed E-state index contributed by atoms with van der Waals surface area (Å²) in [6.07, 6.45) is 2.09. The van der Waals surface area contributed by atoms with Gasteiger partial charge in [-0.2, -0.15) is 0 Å². The molecule has 15 heavy (non-hydrogen) atoms. The molecule has 0 fully saturated rings. The molecule has 2 aromatic rings. The van der Waals surface area contributed by atoms with E-state index in [1.165, 1.54) is 4.90 Å². The third kappa shape index (κ3) is 2.54. The number of benzene rings is 2. The highest BCUT2D eigenvalue weighted by Gasteiger charge is 1.99. The van der Waals surface area contributed by atoms with Gasteiger partial charge in [0, 0.05) is 10.6 Å². The number of para-hydroxylation sites is 2. The Kier molecular flexibility index (Phi) is 3.30. The molecule has 2 aromatic carbocycles. The maximum atomic E-state index is 3.40. The largest absolute Gasteiger partial charge is 0.355 e. The first-order valence-corrected chi connectivity index (χ1v) is 6.08. The number of hydrogen-bond acceptors (Lipinski definition) is 2. The molecule has 0 aliphatic heterocycles. The van der Waals surface area contributed by atoms with Crippen molar-refractivity contribution in [2.45, 2.75) is 4.90 Å². The molecule has 0 heterocycles. The maximum absolute atomic E-state index is 3.40. The van der Waals surface area contributed by atoms with E-state index in [0.717, 1.165) is 11.4 Å². The molecule has 1 N–H and O–H groups in total. The van der Waals surface area contributed by atoms with Crippen molar-refractivity contribution in [3.63, 3.8) is 0 Å². The van der Waals surface area contributed by atoms with E-state index in [1.54, 1.807) is 11.8 Å². The number of anilines is 2. The molecule has 0 amide bonds. The highest BCUT2D eigenvalue weighted by atomic mass is 32.2. The van der Waals surface area contributed by atoms with Gasteiger partial charge in [0.05, 0.1) is 5.69 Å². The van der Waals surface area contributed by atoms with Crippen LogP contribution in [0.3, 0.4) is 0 Å². The van der Waals surface area contributed by atoms with Gasteiger partial charge in [-0.05, 0) is 30.5 Å². The Bertz CT molecular complexity index is 426. The van der Waals surface area contributed by atoms with Crippen molar-refractivity contribution in [1.82, 2.24) is 0 Å². The molecule has 0 unspecified atom stereocenters. The van der Waals surface area contributed by atoms with E-state index < -0.39 is 0 Å². The molecular weight excluding hydrogens is 202 g/mol. The highest BCUT2D eigenvalue weighted by Crippen LogP contribution is 2.27. The van der Waals surface area contributed by atoms with Crippen LogP contribution in [0.1, 0.15) is 0 Å². The van der Waals surface area contributed by atoms with Crippen molar-refractivity contribution in [3.8, 4) is 0 Å². The Morgan fingerprint density at radius 2 is 1.53 bits per heavy atom. The van der Waals surface area contributed by atoms with E-state index >= 15 is 0 Å². The van der Waals surface area contributed by atoms with Gasteiger partial charge >= 0.3 is 0 Å². The fourth-order valence-corrected chi connectivity index (χ4v) is 1.98. The smallest absolute Gasteiger partial charge is 0.0522 e. The summed E-state index contributed by atoms with van der Waals surface area (Å²) in [5.74, 6) is 0. The predicted octanol–water partition coefficient (Wildman–Crippen LogP) is 4.15. The van der Waals surface area contributed by atoms with Gasteiger partial charge in [-0.3, -0.25) is 0 Å². The van der Waals surface area contributed by atoms with Crippen molar-refractivity contribution in [1.29, 1.82) is 0 Å². The van der Waals surface area contributed by atoms with Gasteiger partial charge < -0.3 is 5.32 Å². The van der Waals surface area contributed by atoms with Gasteiger partial charge in [0.15, 0.2) is 0 Å². The molecule has 0 aliphatic carbocycles. The quantitative estimate of drug-likeness (QED) is 0.772. The molecule has 1 nitrogen and oxygen atoms in total. The van der Waals surface area contributed by atoms with Gasteiger partial charge in [0.2, 0.25) is 0 Å². The summed E-state index contributed by atoms with van der Waals surface area (Å²) in [6, 6.07) is 18.5. The van der Waals surface area contributed by atoms with Crippen LogP contribution in [-0.2, 0) is 0 Å². The summed E-state index contributed by atoms with van der Waals surface area (Å²) in [7, 11) is 0. The van der Waals surface area contributed by atoms with Crippen LogP contribution in [0, 0.1) is 0 Å². The van der Waals surface area contributed by atoms with Crippen molar-refractivity contribution >= 4 is 23.1 Å². The number of rotatable bonds is 3. The number of hydrogen-bond donors (Lipinski definition) is 1. The highest BCUT2D eigenvalue weighted by molar-refractivity contribution is 7.98. The zero-order valence-electron chi connectivity index (χ0n) is 8.60. The number of thioether (sulfide) groups is 1.